The average molecular weight is 520 g/mol. The Morgan fingerprint density at radius 1 is 0.697 bits per heavy atom. The first kappa shape index (κ1) is 24.0. The molecule has 0 N–H and O–H groups in total. The van der Waals surface area contributed by atoms with Crippen LogP contribution < -0.4 is 5.63 Å². The Morgan fingerprint density at radius 2 is 1.12 bits per heavy atom. The zero-order valence-electron chi connectivity index (χ0n) is 20.8. The Morgan fingerprint density at radius 3 is 1.45 bits per heavy atom. The third kappa shape index (κ3) is 4.03. The fourth-order valence-corrected chi connectivity index (χ4v) is 16.7. The van der Waals surface area contributed by atoms with Crippen LogP contribution >= 0.6 is 0 Å². The van der Waals surface area contributed by atoms with E-state index in [-0.39, 0.29) is 6.25 Å². The molecule has 0 aliphatic heterocycles. The normalized spacial score (nSPS) is 24.1. The van der Waals surface area contributed by atoms with Crippen LogP contribution in [0, 0.1) is 0 Å². The molecular weight excluding hydrogens is 484 g/mol. The van der Waals surface area contributed by atoms with Gasteiger partial charge < -0.3 is 0 Å². The summed E-state index contributed by atoms with van der Waals surface area (Å²) in [4.78, 5) is 0. The van der Waals surface area contributed by atoms with E-state index in [4.69, 9.17) is 5.63 Å². The Balaban J connectivity index is 1.97. The van der Waals surface area contributed by atoms with Gasteiger partial charge in [-0.3, -0.25) is 0 Å². The van der Waals surface area contributed by atoms with Crippen LogP contribution in [0.5, 0.6) is 11.5 Å². The molecule has 2 atom stereocenters. The zero-order chi connectivity index (χ0) is 23.7. The van der Waals surface area contributed by atoms with Crippen molar-refractivity contribution < 1.29 is 26.8 Å². The molecular formula is C30H36O2Zr. The topological polar surface area (TPSA) is 18.5 Å². The van der Waals surface area contributed by atoms with Crippen molar-refractivity contribution in [2.45, 2.75) is 60.6 Å². The second-order valence-corrected chi connectivity index (χ2v) is 18.8. The van der Waals surface area contributed by atoms with Crippen molar-refractivity contribution in [3.8, 4) is 11.5 Å². The predicted molar refractivity (Wildman–Crippen MR) is 135 cm³/mol. The molecule has 0 amide bonds. The molecule has 33 heavy (non-hydrogen) atoms. The van der Waals surface area contributed by atoms with Crippen LogP contribution in [-0.4, -0.2) is 0 Å². The van der Waals surface area contributed by atoms with E-state index in [0.29, 0.717) is 0 Å². The molecule has 2 nitrogen and oxygen atoms in total. The quantitative estimate of drug-likeness (QED) is 0.347. The molecule has 2 aliphatic carbocycles. The van der Waals surface area contributed by atoms with Crippen LogP contribution in [0.4, 0.5) is 0 Å². The summed E-state index contributed by atoms with van der Waals surface area (Å²) in [6.07, 6.45) is 15.4. The van der Waals surface area contributed by atoms with Crippen molar-refractivity contribution in [1.82, 2.24) is 0 Å². The summed E-state index contributed by atoms with van der Waals surface area (Å²) in [5, 5.41) is 0. The second-order valence-electron chi connectivity index (χ2n) is 9.64. The molecule has 2 aromatic rings. The van der Waals surface area contributed by atoms with Crippen LogP contribution in [0.15, 0.2) is 96.1 Å². The molecule has 0 radical (unpaired) electrons. The van der Waals surface area contributed by atoms with E-state index in [1.807, 2.05) is 0 Å². The van der Waals surface area contributed by atoms with Crippen molar-refractivity contribution >= 4 is 0 Å². The summed E-state index contributed by atoms with van der Waals surface area (Å²) >= 11 is -4.26. The fraction of sp³-hybridized carbons (Fsp3) is 0.333. The first-order valence-electron chi connectivity index (χ1n) is 12.1. The number of benzene rings is 2. The third-order valence-electron chi connectivity index (χ3n) is 7.69. The molecule has 2 unspecified atom stereocenters. The van der Waals surface area contributed by atoms with E-state index in [0.717, 1.165) is 24.3 Å². The van der Waals surface area contributed by atoms with Crippen LogP contribution in [-0.2, 0) is 34.0 Å². The van der Waals surface area contributed by atoms with E-state index in [9.17, 15) is 0 Å². The average Bonchev–Trinajstić information content (AvgIpc) is 3.35. The minimum atomic E-state index is -4.26. The van der Waals surface area contributed by atoms with Gasteiger partial charge in [-0.25, -0.2) is 0 Å². The number of hydrogen-bond acceptors (Lipinski definition) is 2. The van der Waals surface area contributed by atoms with Gasteiger partial charge in [0.2, 0.25) is 0 Å². The predicted octanol–water partition coefficient (Wildman–Crippen LogP) is 8.64. The first-order chi connectivity index (χ1) is 15.8. The van der Waals surface area contributed by atoms with Gasteiger partial charge in [-0.05, 0) is 0 Å². The SMILES string of the molecule is CCc1cccc([O][Zr]([O]c2cccc(CC)c2)([C]2(C)C=CC=C2C)[C]2(C)C=CC=C2C)c1. The van der Waals surface area contributed by atoms with Crippen LogP contribution in [0.2, 0.25) is 6.25 Å². The monoisotopic (exact) mass is 518 g/mol. The van der Waals surface area contributed by atoms with Gasteiger partial charge in [-0.1, -0.05) is 0 Å². The molecule has 0 aromatic heterocycles. The van der Waals surface area contributed by atoms with Crippen LogP contribution in [0.1, 0.15) is 52.7 Å². The third-order valence-corrected chi connectivity index (χ3v) is 19.7. The second kappa shape index (κ2) is 9.26. The summed E-state index contributed by atoms with van der Waals surface area (Å²) in [6.45, 7) is 13.5. The maximum absolute atomic E-state index is 7.34. The summed E-state index contributed by atoms with van der Waals surface area (Å²) in [6, 6.07) is 17.1. The van der Waals surface area contributed by atoms with E-state index >= 15 is 0 Å². The van der Waals surface area contributed by atoms with Gasteiger partial charge in [0.25, 0.3) is 0 Å². The van der Waals surface area contributed by atoms with E-state index in [1.54, 1.807) is 0 Å². The molecule has 0 bridgehead atoms. The molecule has 2 aromatic carbocycles. The summed E-state index contributed by atoms with van der Waals surface area (Å²) in [5.41, 5.74) is 5.18. The Hall–Kier alpha value is -2.12. The van der Waals surface area contributed by atoms with Gasteiger partial charge in [0.05, 0.1) is 0 Å². The van der Waals surface area contributed by atoms with Gasteiger partial charge in [-0.15, -0.1) is 0 Å². The van der Waals surface area contributed by atoms with E-state index in [1.165, 1.54) is 22.3 Å². The van der Waals surface area contributed by atoms with Crippen LogP contribution in [0.25, 0.3) is 0 Å². The Labute approximate surface area is 205 Å². The fourth-order valence-electron chi connectivity index (χ4n) is 5.09. The van der Waals surface area contributed by atoms with Gasteiger partial charge in [0.1, 0.15) is 0 Å². The molecule has 0 fully saturated rings. The molecule has 3 heteroatoms. The van der Waals surface area contributed by atoms with E-state index < -0.39 is 21.1 Å². The van der Waals surface area contributed by atoms with E-state index in [2.05, 4.69) is 127 Å². The number of aryl methyl sites for hydroxylation is 2. The Bertz CT molecular complexity index is 1060. The molecule has 0 heterocycles. The van der Waals surface area contributed by atoms with Crippen molar-refractivity contribution in [3.05, 3.63) is 107 Å². The summed E-state index contributed by atoms with van der Waals surface area (Å²) in [7, 11) is 0. The van der Waals surface area contributed by atoms with Crippen molar-refractivity contribution in [2.75, 3.05) is 0 Å². The molecule has 172 valence electrons. The van der Waals surface area contributed by atoms with Gasteiger partial charge >= 0.3 is 206 Å². The standard InChI is InChI=1S/2C8H10O.2C7H9.Zr/c2*1-2-7-4-3-5-8(9)6-7;2*1-6-4-3-5-7(6)2;/h2*3-6,9H,2H2,1H3;2*3-5H,1-2H3;/q;;;;+2/p-2. The molecule has 0 saturated carbocycles. The van der Waals surface area contributed by atoms with Gasteiger partial charge in [-0.2, -0.15) is 0 Å². The summed E-state index contributed by atoms with van der Waals surface area (Å²) in [5.74, 6) is 1.83. The van der Waals surface area contributed by atoms with Crippen molar-refractivity contribution in [1.29, 1.82) is 0 Å². The number of rotatable bonds is 8. The van der Waals surface area contributed by atoms with Crippen molar-refractivity contribution in [3.63, 3.8) is 0 Å². The first-order valence-corrected chi connectivity index (χ1v) is 16.5. The van der Waals surface area contributed by atoms with Crippen LogP contribution in [0.3, 0.4) is 0 Å². The Kier molecular flexibility index (Phi) is 6.74. The van der Waals surface area contributed by atoms with Gasteiger partial charge in [0, 0.05) is 0 Å². The number of allylic oxidation sites excluding steroid dienone is 8. The zero-order valence-corrected chi connectivity index (χ0v) is 23.3. The summed E-state index contributed by atoms with van der Waals surface area (Å²) < 4.78 is 14.1. The number of hydrogen-bond donors (Lipinski definition) is 0. The van der Waals surface area contributed by atoms with Crippen molar-refractivity contribution in [2.24, 2.45) is 0 Å². The molecule has 0 saturated heterocycles. The minimum absolute atomic E-state index is 0.280. The molecule has 4 rings (SSSR count). The van der Waals surface area contributed by atoms with Gasteiger partial charge in [0.15, 0.2) is 0 Å². The molecule has 0 spiro atoms. The maximum atomic E-state index is 7.34. The molecule has 2 aliphatic rings.